The molecule has 0 unspecified atom stereocenters. The van der Waals surface area contributed by atoms with Gasteiger partial charge in [-0.25, -0.2) is 14.5 Å². The second kappa shape index (κ2) is 6.79. The Hall–Kier alpha value is -3.48. The standard InChI is InChI=1S/C19H18N6O/c1-2-3-14-4-6-15(7-5-14)19(26)22-16-12-25-17(21-16)8-9-18(23-25)24-11-10-20-13-24/h4-13H,2-3H2,1H3,(H,22,26). The Morgan fingerprint density at radius 2 is 2.00 bits per heavy atom. The van der Waals surface area contributed by atoms with E-state index >= 15 is 0 Å². The fourth-order valence-corrected chi connectivity index (χ4v) is 2.76. The van der Waals surface area contributed by atoms with E-state index in [1.807, 2.05) is 42.6 Å². The first-order chi connectivity index (χ1) is 12.7. The van der Waals surface area contributed by atoms with Crippen molar-refractivity contribution in [1.29, 1.82) is 0 Å². The lowest BCUT2D eigenvalue weighted by molar-refractivity contribution is 0.102. The zero-order valence-corrected chi connectivity index (χ0v) is 14.3. The van der Waals surface area contributed by atoms with Crippen LogP contribution >= 0.6 is 0 Å². The first-order valence-electron chi connectivity index (χ1n) is 8.48. The van der Waals surface area contributed by atoms with Crippen molar-refractivity contribution in [3.05, 3.63) is 72.4 Å². The first-order valence-corrected chi connectivity index (χ1v) is 8.48. The molecule has 1 N–H and O–H groups in total. The number of amides is 1. The van der Waals surface area contributed by atoms with Crippen LogP contribution in [0.15, 0.2) is 61.3 Å². The van der Waals surface area contributed by atoms with E-state index in [1.54, 1.807) is 27.8 Å². The third kappa shape index (κ3) is 3.19. The van der Waals surface area contributed by atoms with Crippen molar-refractivity contribution in [2.24, 2.45) is 0 Å². The summed E-state index contributed by atoms with van der Waals surface area (Å²) in [6.07, 6.45) is 8.97. The third-order valence-corrected chi connectivity index (χ3v) is 4.07. The monoisotopic (exact) mass is 346 g/mol. The number of carbonyl (C=O) groups excluding carboxylic acids is 1. The Morgan fingerprint density at radius 3 is 2.73 bits per heavy atom. The summed E-state index contributed by atoms with van der Waals surface area (Å²) >= 11 is 0. The highest BCUT2D eigenvalue weighted by atomic mass is 16.1. The fraction of sp³-hybridized carbons (Fsp3) is 0.158. The van der Waals surface area contributed by atoms with E-state index in [4.69, 9.17) is 0 Å². The molecular formula is C19H18N6O. The molecule has 0 atom stereocenters. The molecule has 0 saturated carbocycles. The molecular weight excluding hydrogens is 328 g/mol. The molecule has 0 aliphatic heterocycles. The van der Waals surface area contributed by atoms with E-state index in [0.29, 0.717) is 17.0 Å². The van der Waals surface area contributed by atoms with Crippen LogP contribution in [0.2, 0.25) is 0 Å². The summed E-state index contributed by atoms with van der Waals surface area (Å²) in [4.78, 5) is 20.8. The summed E-state index contributed by atoms with van der Waals surface area (Å²) in [6.45, 7) is 2.14. The minimum atomic E-state index is -0.189. The molecule has 1 aromatic carbocycles. The number of rotatable bonds is 5. The minimum absolute atomic E-state index is 0.189. The van der Waals surface area contributed by atoms with Crippen molar-refractivity contribution in [2.75, 3.05) is 5.32 Å². The Balaban J connectivity index is 1.54. The average Bonchev–Trinajstić information content (AvgIpc) is 3.31. The quantitative estimate of drug-likeness (QED) is 0.602. The number of nitrogens with zero attached hydrogens (tertiary/aromatic N) is 5. The highest BCUT2D eigenvalue weighted by molar-refractivity contribution is 6.03. The molecule has 3 heterocycles. The molecule has 7 nitrogen and oxygen atoms in total. The minimum Gasteiger partial charge on any atom is -0.305 e. The van der Waals surface area contributed by atoms with E-state index in [-0.39, 0.29) is 5.91 Å². The number of aryl methyl sites for hydroxylation is 1. The van der Waals surface area contributed by atoms with E-state index in [1.165, 1.54) is 5.56 Å². The van der Waals surface area contributed by atoms with Crippen LogP contribution in [0.3, 0.4) is 0 Å². The van der Waals surface area contributed by atoms with Gasteiger partial charge in [-0.2, -0.15) is 0 Å². The van der Waals surface area contributed by atoms with Gasteiger partial charge in [0.1, 0.15) is 6.33 Å². The van der Waals surface area contributed by atoms with Gasteiger partial charge < -0.3 is 5.32 Å². The first kappa shape index (κ1) is 16.0. The second-order valence-electron chi connectivity index (χ2n) is 5.99. The summed E-state index contributed by atoms with van der Waals surface area (Å²) in [5.74, 6) is 0.992. The number of benzene rings is 1. The number of hydrogen-bond donors (Lipinski definition) is 1. The van der Waals surface area contributed by atoms with Gasteiger partial charge in [-0.3, -0.25) is 9.36 Å². The molecule has 0 fully saturated rings. The molecule has 0 bridgehead atoms. The number of nitrogens with one attached hydrogen (secondary N) is 1. The van der Waals surface area contributed by atoms with Crippen LogP contribution in [0.4, 0.5) is 5.82 Å². The number of carbonyl (C=O) groups is 1. The predicted octanol–water partition coefficient (Wildman–Crippen LogP) is 3.12. The molecule has 0 saturated heterocycles. The molecule has 4 rings (SSSR count). The number of imidazole rings is 2. The van der Waals surface area contributed by atoms with E-state index < -0.39 is 0 Å². The van der Waals surface area contributed by atoms with Gasteiger partial charge in [-0.05, 0) is 36.2 Å². The summed E-state index contributed by atoms with van der Waals surface area (Å²) in [5, 5.41) is 7.30. The molecule has 0 spiro atoms. The Morgan fingerprint density at radius 1 is 1.15 bits per heavy atom. The smallest absolute Gasteiger partial charge is 0.256 e. The van der Waals surface area contributed by atoms with Crippen molar-refractivity contribution in [2.45, 2.75) is 19.8 Å². The van der Waals surface area contributed by atoms with E-state index in [9.17, 15) is 4.79 Å². The fourth-order valence-electron chi connectivity index (χ4n) is 2.76. The van der Waals surface area contributed by atoms with E-state index in [0.717, 1.165) is 18.7 Å². The highest BCUT2D eigenvalue weighted by Gasteiger charge is 2.10. The van der Waals surface area contributed by atoms with Crippen LogP contribution in [0.25, 0.3) is 11.5 Å². The molecule has 26 heavy (non-hydrogen) atoms. The van der Waals surface area contributed by atoms with Crippen LogP contribution in [0, 0.1) is 0 Å². The zero-order chi connectivity index (χ0) is 17.9. The number of fused-ring (bicyclic) bond motifs is 1. The summed E-state index contributed by atoms with van der Waals surface area (Å²) in [7, 11) is 0. The molecule has 130 valence electrons. The number of hydrogen-bond acceptors (Lipinski definition) is 4. The molecule has 3 aromatic heterocycles. The van der Waals surface area contributed by atoms with Crippen molar-refractivity contribution in [3.63, 3.8) is 0 Å². The Kier molecular flexibility index (Phi) is 4.18. The van der Waals surface area contributed by atoms with Crippen LogP contribution in [-0.4, -0.2) is 30.1 Å². The molecule has 4 aromatic rings. The maximum Gasteiger partial charge on any atom is 0.256 e. The van der Waals surface area contributed by atoms with Crippen molar-refractivity contribution in [1.82, 2.24) is 24.1 Å². The van der Waals surface area contributed by atoms with Gasteiger partial charge in [0, 0.05) is 18.0 Å². The summed E-state index contributed by atoms with van der Waals surface area (Å²) in [5.41, 5.74) is 2.49. The normalized spacial score (nSPS) is 11.0. The number of anilines is 1. The molecule has 1 amide bonds. The van der Waals surface area contributed by atoms with Gasteiger partial charge in [0.05, 0.1) is 6.20 Å². The Bertz CT molecular complexity index is 1030. The summed E-state index contributed by atoms with van der Waals surface area (Å²) in [6, 6.07) is 11.3. The van der Waals surface area contributed by atoms with Crippen LogP contribution in [0.5, 0.6) is 0 Å². The summed E-state index contributed by atoms with van der Waals surface area (Å²) < 4.78 is 3.44. The lowest BCUT2D eigenvalue weighted by Crippen LogP contribution is -2.12. The number of aromatic nitrogens is 5. The van der Waals surface area contributed by atoms with Crippen LogP contribution in [-0.2, 0) is 6.42 Å². The average molecular weight is 346 g/mol. The molecule has 0 aliphatic rings. The van der Waals surface area contributed by atoms with Gasteiger partial charge in [0.2, 0.25) is 0 Å². The maximum absolute atomic E-state index is 12.4. The lowest BCUT2D eigenvalue weighted by atomic mass is 10.1. The predicted molar refractivity (Wildman–Crippen MR) is 98.5 cm³/mol. The van der Waals surface area contributed by atoms with Gasteiger partial charge in [-0.15, -0.1) is 5.10 Å². The maximum atomic E-state index is 12.4. The highest BCUT2D eigenvalue weighted by Crippen LogP contribution is 2.13. The van der Waals surface area contributed by atoms with Crippen molar-refractivity contribution < 1.29 is 4.79 Å². The molecule has 0 aliphatic carbocycles. The molecule has 7 heteroatoms. The van der Waals surface area contributed by atoms with Gasteiger partial charge in [0.15, 0.2) is 17.3 Å². The van der Waals surface area contributed by atoms with Gasteiger partial charge in [-0.1, -0.05) is 25.5 Å². The third-order valence-electron chi connectivity index (χ3n) is 4.07. The lowest BCUT2D eigenvalue weighted by Gasteiger charge is -2.03. The second-order valence-corrected chi connectivity index (χ2v) is 5.99. The SMILES string of the molecule is CCCc1ccc(C(=O)Nc2cn3nc(-n4ccnc4)ccc3n2)cc1. The Labute approximate surface area is 150 Å². The van der Waals surface area contributed by atoms with E-state index in [2.05, 4.69) is 27.3 Å². The van der Waals surface area contributed by atoms with Crippen LogP contribution in [0.1, 0.15) is 29.3 Å². The van der Waals surface area contributed by atoms with Crippen molar-refractivity contribution >= 4 is 17.4 Å². The van der Waals surface area contributed by atoms with Crippen molar-refractivity contribution in [3.8, 4) is 5.82 Å². The van der Waals surface area contributed by atoms with Gasteiger partial charge in [0.25, 0.3) is 5.91 Å². The van der Waals surface area contributed by atoms with Crippen LogP contribution < -0.4 is 5.32 Å². The zero-order valence-electron chi connectivity index (χ0n) is 14.3. The topological polar surface area (TPSA) is 77.1 Å². The largest absolute Gasteiger partial charge is 0.305 e. The molecule has 0 radical (unpaired) electrons. The van der Waals surface area contributed by atoms with Gasteiger partial charge >= 0.3 is 0 Å².